The number of benzene rings is 1. The van der Waals surface area contributed by atoms with Crippen LogP contribution in [-0.4, -0.2) is 24.1 Å². The van der Waals surface area contributed by atoms with Gasteiger partial charge in [0.25, 0.3) is 11.8 Å². The van der Waals surface area contributed by atoms with Crippen molar-refractivity contribution >= 4 is 69.2 Å². The van der Waals surface area contributed by atoms with E-state index >= 15 is 0 Å². The van der Waals surface area contributed by atoms with Gasteiger partial charge in [-0.2, -0.15) is 0 Å². The van der Waals surface area contributed by atoms with E-state index in [4.69, 9.17) is 11.6 Å². The van der Waals surface area contributed by atoms with Crippen molar-refractivity contribution in [1.29, 1.82) is 0 Å². The Balaban J connectivity index is 1.49. The third-order valence-corrected chi connectivity index (χ3v) is 8.10. The number of amides is 2. The first kappa shape index (κ1) is 19.5. The van der Waals surface area contributed by atoms with Gasteiger partial charge in [0.05, 0.1) is 19.1 Å². The molecule has 0 fully saturated rings. The second-order valence-corrected chi connectivity index (χ2v) is 10.4. The summed E-state index contributed by atoms with van der Waals surface area (Å²) in [5.74, 6) is 0.684. The van der Waals surface area contributed by atoms with Crippen molar-refractivity contribution in [1.82, 2.24) is 0 Å². The van der Waals surface area contributed by atoms with Crippen LogP contribution < -0.4 is 10.2 Å². The Morgan fingerprint density at radius 2 is 1.93 bits per heavy atom. The van der Waals surface area contributed by atoms with Crippen LogP contribution in [0.5, 0.6) is 0 Å². The quantitative estimate of drug-likeness (QED) is 0.530. The number of fused-ring (bicyclic) bond motifs is 1. The van der Waals surface area contributed by atoms with Gasteiger partial charge in [0.1, 0.15) is 0 Å². The van der Waals surface area contributed by atoms with Gasteiger partial charge in [-0.05, 0) is 48.9 Å². The van der Waals surface area contributed by atoms with Crippen LogP contribution in [0.2, 0.25) is 4.34 Å². The van der Waals surface area contributed by atoms with Gasteiger partial charge in [-0.15, -0.1) is 34.4 Å². The standard InChI is InChI=1S/C20H17ClN2O2S3/c1-2-14-11-15-20(27-14)26-10-9-23(15)19(25)12-3-5-13(6-4-12)22-18(24)16-7-8-17(21)28-16/h3-8,11H,2,9-10H2,1H3,(H,22,24). The fraction of sp³-hybridized carbons (Fsp3) is 0.200. The number of anilines is 2. The molecule has 0 radical (unpaired) electrons. The molecule has 4 nitrogen and oxygen atoms in total. The predicted molar refractivity (Wildman–Crippen MR) is 120 cm³/mol. The summed E-state index contributed by atoms with van der Waals surface area (Å²) in [5.41, 5.74) is 2.28. The molecule has 3 aromatic rings. The number of hydrogen-bond donors (Lipinski definition) is 1. The van der Waals surface area contributed by atoms with E-state index in [1.54, 1.807) is 47.7 Å². The van der Waals surface area contributed by atoms with Crippen LogP contribution >= 0.6 is 46.0 Å². The molecular weight excluding hydrogens is 432 g/mol. The van der Waals surface area contributed by atoms with E-state index in [0.29, 0.717) is 27.0 Å². The number of nitrogens with zero attached hydrogens (tertiary/aromatic N) is 1. The first-order chi connectivity index (χ1) is 13.5. The molecule has 1 N–H and O–H groups in total. The smallest absolute Gasteiger partial charge is 0.265 e. The minimum atomic E-state index is -0.209. The highest BCUT2D eigenvalue weighted by Crippen LogP contribution is 2.42. The molecule has 1 aliphatic heterocycles. The van der Waals surface area contributed by atoms with Crippen LogP contribution in [0, 0.1) is 0 Å². The highest BCUT2D eigenvalue weighted by Gasteiger charge is 2.26. The van der Waals surface area contributed by atoms with E-state index in [1.165, 1.54) is 20.4 Å². The molecule has 0 saturated carbocycles. The molecule has 0 spiro atoms. The average molecular weight is 449 g/mol. The summed E-state index contributed by atoms with van der Waals surface area (Å²) < 4.78 is 1.79. The first-order valence-corrected chi connectivity index (χ1v) is 11.8. The molecule has 2 amide bonds. The number of carbonyl (C=O) groups is 2. The Labute approximate surface area is 180 Å². The Bertz CT molecular complexity index is 1030. The van der Waals surface area contributed by atoms with Crippen LogP contribution in [0.25, 0.3) is 0 Å². The number of thioether (sulfide) groups is 1. The molecule has 4 rings (SSSR count). The van der Waals surface area contributed by atoms with E-state index in [9.17, 15) is 9.59 Å². The van der Waals surface area contributed by atoms with Crippen LogP contribution in [-0.2, 0) is 6.42 Å². The molecule has 144 valence electrons. The van der Waals surface area contributed by atoms with Gasteiger partial charge in [-0.25, -0.2) is 0 Å². The lowest BCUT2D eigenvalue weighted by Gasteiger charge is -2.26. The van der Waals surface area contributed by atoms with E-state index in [-0.39, 0.29) is 11.8 Å². The number of thiophene rings is 2. The van der Waals surface area contributed by atoms with Crippen LogP contribution in [0.3, 0.4) is 0 Å². The summed E-state index contributed by atoms with van der Waals surface area (Å²) in [4.78, 5) is 29.0. The van der Waals surface area contributed by atoms with Gasteiger partial charge in [0.2, 0.25) is 0 Å². The molecule has 0 unspecified atom stereocenters. The maximum absolute atomic E-state index is 13.0. The summed E-state index contributed by atoms with van der Waals surface area (Å²) in [7, 11) is 0. The monoisotopic (exact) mass is 448 g/mol. The predicted octanol–water partition coefficient (Wildman–Crippen LogP) is 6.03. The summed E-state index contributed by atoms with van der Waals surface area (Å²) >= 11 is 10.7. The second kappa shape index (κ2) is 8.29. The Morgan fingerprint density at radius 3 is 2.61 bits per heavy atom. The Kier molecular flexibility index (Phi) is 5.78. The molecule has 2 aromatic heterocycles. The molecule has 1 aliphatic rings. The normalized spacial score (nSPS) is 13.3. The average Bonchev–Trinajstić information content (AvgIpc) is 3.33. The summed E-state index contributed by atoms with van der Waals surface area (Å²) in [6.07, 6.45) is 0.976. The molecule has 3 heterocycles. The molecule has 0 bridgehead atoms. The van der Waals surface area contributed by atoms with Crippen molar-refractivity contribution in [2.45, 2.75) is 17.6 Å². The number of nitrogens with one attached hydrogen (secondary N) is 1. The zero-order chi connectivity index (χ0) is 19.7. The van der Waals surface area contributed by atoms with Crippen molar-refractivity contribution in [2.75, 3.05) is 22.5 Å². The fourth-order valence-corrected chi connectivity index (χ4v) is 6.27. The molecule has 28 heavy (non-hydrogen) atoms. The second-order valence-electron chi connectivity index (χ2n) is 6.18. The summed E-state index contributed by atoms with van der Waals surface area (Å²) in [6.45, 7) is 2.83. The molecule has 1 aromatic carbocycles. The molecule has 0 saturated heterocycles. The zero-order valence-corrected chi connectivity index (χ0v) is 18.2. The van der Waals surface area contributed by atoms with Gasteiger partial charge >= 0.3 is 0 Å². The van der Waals surface area contributed by atoms with Crippen molar-refractivity contribution in [3.63, 3.8) is 0 Å². The van der Waals surface area contributed by atoms with Gasteiger partial charge in [0, 0.05) is 28.4 Å². The topological polar surface area (TPSA) is 49.4 Å². The highest BCUT2D eigenvalue weighted by atomic mass is 35.5. The summed E-state index contributed by atoms with van der Waals surface area (Å²) in [6, 6.07) is 12.5. The number of hydrogen-bond acceptors (Lipinski definition) is 5. The zero-order valence-electron chi connectivity index (χ0n) is 15.0. The fourth-order valence-electron chi connectivity index (χ4n) is 2.92. The maximum atomic E-state index is 13.0. The summed E-state index contributed by atoms with van der Waals surface area (Å²) in [5, 5.41) is 2.83. The number of halogens is 1. The van der Waals surface area contributed by atoms with Gasteiger partial charge < -0.3 is 10.2 Å². The minimum absolute atomic E-state index is 0.00933. The van der Waals surface area contributed by atoms with E-state index in [0.717, 1.165) is 17.9 Å². The number of rotatable bonds is 4. The molecule has 0 aliphatic carbocycles. The lowest BCUT2D eigenvalue weighted by Crippen LogP contribution is -2.34. The lowest BCUT2D eigenvalue weighted by molar-refractivity contribution is 0.0986. The van der Waals surface area contributed by atoms with Gasteiger partial charge in [-0.1, -0.05) is 18.5 Å². The van der Waals surface area contributed by atoms with Crippen LogP contribution in [0.1, 0.15) is 31.8 Å². The first-order valence-electron chi connectivity index (χ1n) is 8.79. The van der Waals surface area contributed by atoms with E-state index < -0.39 is 0 Å². The maximum Gasteiger partial charge on any atom is 0.265 e. The molecule has 8 heteroatoms. The van der Waals surface area contributed by atoms with Crippen molar-refractivity contribution in [3.8, 4) is 0 Å². The number of aryl methyl sites for hydroxylation is 1. The minimum Gasteiger partial charge on any atom is -0.321 e. The SMILES string of the molecule is CCc1cc2c(s1)SCCN2C(=O)c1ccc(NC(=O)c2ccc(Cl)s2)cc1. The van der Waals surface area contributed by atoms with Crippen molar-refractivity contribution in [2.24, 2.45) is 0 Å². The Morgan fingerprint density at radius 1 is 1.14 bits per heavy atom. The van der Waals surface area contributed by atoms with Crippen LogP contribution in [0.4, 0.5) is 11.4 Å². The van der Waals surface area contributed by atoms with Gasteiger partial charge in [-0.3, -0.25) is 9.59 Å². The highest BCUT2D eigenvalue weighted by molar-refractivity contribution is 8.01. The molecule has 0 atom stereocenters. The van der Waals surface area contributed by atoms with Crippen LogP contribution in [0.15, 0.2) is 46.7 Å². The van der Waals surface area contributed by atoms with Crippen molar-refractivity contribution < 1.29 is 9.59 Å². The van der Waals surface area contributed by atoms with Gasteiger partial charge in [0.15, 0.2) is 0 Å². The third kappa shape index (κ3) is 3.98. The largest absolute Gasteiger partial charge is 0.321 e. The van der Waals surface area contributed by atoms with Crippen molar-refractivity contribution in [3.05, 3.63) is 62.1 Å². The van der Waals surface area contributed by atoms with E-state index in [1.807, 2.05) is 16.7 Å². The lowest BCUT2D eigenvalue weighted by atomic mass is 10.1. The number of carbonyl (C=O) groups excluding carboxylic acids is 2. The van der Waals surface area contributed by atoms with E-state index in [2.05, 4.69) is 18.3 Å². The molecular formula is C20H17ClN2O2S3. The third-order valence-electron chi connectivity index (χ3n) is 4.35. The Hall–Kier alpha value is -1.80.